The third-order valence-electron chi connectivity index (χ3n) is 5.48. The van der Waals surface area contributed by atoms with Gasteiger partial charge in [-0.1, -0.05) is 6.08 Å². The number of non-ortho nitro benzene ring substituents is 1. The van der Waals surface area contributed by atoms with Gasteiger partial charge in [-0.3, -0.25) is 10.1 Å². The highest BCUT2D eigenvalue weighted by Gasteiger charge is 2.15. The van der Waals surface area contributed by atoms with Crippen molar-refractivity contribution in [3.05, 3.63) is 106 Å². The van der Waals surface area contributed by atoms with Crippen molar-refractivity contribution >= 4 is 28.4 Å². The first-order chi connectivity index (χ1) is 17.9. The number of nitro groups is 1. The Bertz CT molecular complexity index is 1530. The Labute approximate surface area is 212 Å². The maximum Gasteiger partial charge on any atom is 0.269 e. The smallest absolute Gasteiger partial charge is 0.269 e. The lowest BCUT2D eigenvalue weighted by molar-refractivity contribution is -0.384. The first kappa shape index (κ1) is 25.1. The van der Waals surface area contributed by atoms with Crippen molar-refractivity contribution in [2.24, 2.45) is 0 Å². The Hall–Kier alpha value is -4.97. The average Bonchev–Trinajstić information content (AvgIpc) is 3.30. The molecule has 0 aliphatic heterocycles. The fourth-order valence-electron chi connectivity index (χ4n) is 3.80. The van der Waals surface area contributed by atoms with Crippen LogP contribution in [-0.4, -0.2) is 21.5 Å². The fourth-order valence-corrected chi connectivity index (χ4v) is 3.80. The Balaban J connectivity index is 1.69. The molecule has 3 aromatic carbocycles. The largest absolute Gasteiger partial charge is 0.490 e. The molecule has 8 nitrogen and oxygen atoms in total. The van der Waals surface area contributed by atoms with Gasteiger partial charge in [-0.15, -0.1) is 6.58 Å². The molecule has 4 rings (SSSR count). The number of nitrogens with zero attached hydrogens (tertiary/aromatic N) is 3. The van der Waals surface area contributed by atoms with E-state index in [0.29, 0.717) is 46.9 Å². The van der Waals surface area contributed by atoms with E-state index in [1.54, 1.807) is 36.4 Å². The van der Waals surface area contributed by atoms with Crippen LogP contribution in [0.4, 0.5) is 10.1 Å². The number of nitriles is 1. The van der Waals surface area contributed by atoms with Crippen LogP contribution in [0.25, 0.3) is 22.7 Å². The maximum atomic E-state index is 13.6. The van der Waals surface area contributed by atoms with Crippen LogP contribution in [0.3, 0.4) is 0 Å². The monoisotopic (exact) mass is 498 g/mol. The number of benzene rings is 3. The number of hydrogen-bond acceptors (Lipinski definition) is 6. The molecule has 0 unspecified atom stereocenters. The van der Waals surface area contributed by atoms with E-state index in [-0.39, 0.29) is 17.9 Å². The molecule has 37 heavy (non-hydrogen) atoms. The molecule has 0 bridgehead atoms. The lowest BCUT2D eigenvalue weighted by Gasteiger charge is -2.17. The van der Waals surface area contributed by atoms with Crippen LogP contribution in [0.1, 0.15) is 29.4 Å². The summed E-state index contributed by atoms with van der Waals surface area (Å²) >= 11 is 0. The Morgan fingerprint density at radius 2 is 2.00 bits per heavy atom. The Morgan fingerprint density at radius 3 is 2.68 bits per heavy atom. The summed E-state index contributed by atoms with van der Waals surface area (Å²) in [4.78, 5) is 17.9. The summed E-state index contributed by atoms with van der Waals surface area (Å²) in [6, 6.07) is 16.1. The quantitative estimate of drug-likeness (QED) is 0.117. The van der Waals surface area contributed by atoms with Crippen molar-refractivity contribution in [1.82, 2.24) is 9.97 Å². The summed E-state index contributed by atoms with van der Waals surface area (Å²) in [6.45, 7) is 6.24. The number of hydrogen-bond donors (Lipinski definition) is 1. The second-order valence-electron chi connectivity index (χ2n) is 8.06. The van der Waals surface area contributed by atoms with Gasteiger partial charge in [0.15, 0.2) is 11.5 Å². The van der Waals surface area contributed by atoms with E-state index in [4.69, 9.17) is 9.47 Å². The van der Waals surface area contributed by atoms with Gasteiger partial charge in [0.2, 0.25) is 0 Å². The Morgan fingerprint density at radius 1 is 1.22 bits per heavy atom. The lowest BCUT2D eigenvalue weighted by Crippen LogP contribution is -2.03. The van der Waals surface area contributed by atoms with Gasteiger partial charge in [-0.05, 0) is 73.0 Å². The normalized spacial score (nSPS) is 11.2. The minimum absolute atomic E-state index is 0.00475. The van der Waals surface area contributed by atoms with Crippen LogP contribution >= 0.6 is 0 Å². The minimum Gasteiger partial charge on any atom is -0.490 e. The number of nitrogens with one attached hydrogen (secondary N) is 1. The molecule has 1 N–H and O–H groups in total. The maximum absolute atomic E-state index is 13.6. The van der Waals surface area contributed by atoms with Crippen LogP contribution in [-0.2, 0) is 13.0 Å². The molecule has 4 aromatic rings. The standard InChI is InChI=1S/C28H23FN4O4/c1-3-5-20-12-19(13-21(16-30)28-31-24-11-8-22(29)15-25(24)32-28)14-26(36-4-2)27(20)37-17-18-6-9-23(10-7-18)33(34)35/h3,6-15H,1,4-5,17H2,2H3,(H,31,32)/b21-13-. The van der Waals surface area contributed by atoms with Gasteiger partial charge in [0.25, 0.3) is 5.69 Å². The van der Waals surface area contributed by atoms with Crippen molar-refractivity contribution in [3.63, 3.8) is 0 Å². The molecule has 0 aliphatic carbocycles. The zero-order valence-electron chi connectivity index (χ0n) is 20.0. The molecule has 0 atom stereocenters. The van der Waals surface area contributed by atoms with Crippen molar-refractivity contribution in [2.45, 2.75) is 20.0 Å². The molecule has 0 saturated heterocycles. The van der Waals surface area contributed by atoms with Crippen LogP contribution in [0.15, 0.2) is 67.3 Å². The zero-order valence-corrected chi connectivity index (χ0v) is 20.0. The third-order valence-corrected chi connectivity index (χ3v) is 5.48. The molecular weight excluding hydrogens is 475 g/mol. The number of aromatic amines is 1. The summed E-state index contributed by atoms with van der Waals surface area (Å²) < 4.78 is 25.5. The first-order valence-corrected chi connectivity index (χ1v) is 11.5. The predicted octanol–water partition coefficient (Wildman–Crippen LogP) is 6.38. The first-order valence-electron chi connectivity index (χ1n) is 11.5. The van der Waals surface area contributed by atoms with Gasteiger partial charge < -0.3 is 14.5 Å². The number of halogens is 1. The lowest BCUT2D eigenvalue weighted by atomic mass is 10.0. The summed E-state index contributed by atoms with van der Waals surface area (Å²) in [5.41, 5.74) is 3.55. The molecule has 0 fully saturated rings. The van der Waals surface area contributed by atoms with E-state index in [9.17, 15) is 19.8 Å². The molecule has 1 aromatic heterocycles. The van der Waals surface area contributed by atoms with Crippen molar-refractivity contribution < 1.29 is 18.8 Å². The number of rotatable bonds is 10. The number of H-pyrrole nitrogens is 1. The van der Waals surface area contributed by atoms with Gasteiger partial charge in [-0.2, -0.15) is 5.26 Å². The van der Waals surface area contributed by atoms with E-state index in [2.05, 4.69) is 22.6 Å². The molecule has 1 heterocycles. The molecule has 0 saturated carbocycles. The van der Waals surface area contributed by atoms with E-state index in [1.165, 1.54) is 24.3 Å². The van der Waals surface area contributed by atoms with Crippen molar-refractivity contribution in [3.8, 4) is 17.6 Å². The number of ether oxygens (including phenoxy) is 2. The van der Waals surface area contributed by atoms with Gasteiger partial charge in [0, 0.05) is 17.7 Å². The summed E-state index contributed by atoms with van der Waals surface area (Å²) in [5, 5.41) is 20.7. The molecule has 0 spiro atoms. The molecule has 0 aliphatic rings. The minimum atomic E-state index is -0.453. The van der Waals surface area contributed by atoms with Crippen molar-refractivity contribution in [2.75, 3.05) is 6.61 Å². The second-order valence-corrected chi connectivity index (χ2v) is 8.06. The summed E-state index contributed by atoms with van der Waals surface area (Å²) in [5.74, 6) is 0.934. The number of allylic oxidation sites excluding steroid dienone is 2. The van der Waals surface area contributed by atoms with E-state index >= 15 is 0 Å². The highest BCUT2D eigenvalue weighted by Crippen LogP contribution is 2.36. The zero-order chi connectivity index (χ0) is 26.4. The second kappa shape index (κ2) is 11.2. The van der Waals surface area contributed by atoms with Gasteiger partial charge in [0.05, 0.1) is 28.1 Å². The number of imidazole rings is 1. The highest BCUT2D eigenvalue weighted by molar-refractivity contribution is 5.90. The van der Waals surface area contributed by atoms with Gasteiger partial charge in [-0.25, -0.2) is 9.37 Å². The number of aromatic nitrogens is 2. The molecule has 9 heteroatoms. The van der Waals surface area contributed by atoms with E-state index in [1.807, 2.05) is 13.0 Å². The van der Waals surface area contributed by atoms with Crippen LogP contribution in [0.5, 0.6) is 11.5 Å². The van der Waals surface area contributed by atoms with E-state index in [0.717, 1.165) is 11.1 Å². The molecule has 186 valence electrons. The Kier molecular flexibility index (Phi) is 7.59. The van der Waals surface area contributed by atoms with Gasteiger partial charge in [0.1, 0.15) is 24.3 Å². The average molecular weight is 499 g/mol. The molecule has 0 amide bonds. The summed E-state index contributed by atoms with van der Waals surface area (Å²) in [6.07, 6.45) is 3.88. The van der Waals surface area contributed by atoms with Gasteiger partial charge >= 0.3 is 0 Å². The van der Waals surface area contributed by atoms with Crippen LogP contribution in [0.2, 0.25) is 0 Å². The third kappa shape index (κ3) is 5.82. The summed E-state index contributed by atoms with van der Waals surface area (Å²) in [7, 11) is 0. The molecular formula is C28H23FN4O4. The SMILES string of the molecule is C=CCc1cc(/C=C(/C#N)c2nc3ccc(F)cc3[nH]2)cc(OCC)c1OCc1ccc([N+](=O)[O-])cc1. The number of nitro benzene ring substituents is 1. The molecule has 0 radical (unpaired) electrons. The topological polar surface area (TPSA) is 114 Å². The van der Waals surface area contributed by atoms with E-state index < -0.39 is 10.7 Å². The highest BCUT2D eigenvalue weighted by atomic mass is 19.1. The fraction of sp³-hybridized carbons (Fsp3) is 0.143. The number of fused-ring (bicyclic) bond motifs is 1. The van der Waals surface area contributed by atoms with Crippen LogP contribution < -0.4 is 9.47 Å². The predicted molar refractivity (Wildman–Crippen MR) is 138 cm³/mol. The van der Waals surface area contributed by atoms with Crippen LogP contribution in [0, 0.1) is 27.3 Å². The van der Waals surface area contributed by atoms with Crippen molar-refractivity contribution in [1.29, 1.82) is 5.26 Å².